The number of anilines is 2. The number of carbonyl (C=O) groups excluding carboxylic acids is 1. The Kier molecular flexibility index (Phi) is 8.12. The number of nitrogens with one attached hydrogen (secondary N) is 3. The molecule has 0 radical (unpaired) electrons. The Bertz CT molecular complexity index is 1110. The highest BCUT2D eigenvalue weighted by atomic mass is 35.5. The number of amides is 1. The van der Waals surface area contributed by atoms with Crippen molar-refractivity contribution in [3.8, 4) is 11.3 Å². The summed E-state index contributed by atoms with van der Waals surface area (Å²) in [5, 5.41) is 10.3. The highest BCUT2D eigenvalue weighted by molar-refractivity contribution is 6.33. The van der Waals surface area contributed by atoms with Crippen LogP contribution in [-0.2, 0) is 14.3 Å². The normalized spacial score (nSPS) is 27.1. The van der Waals surface area contributed by atoms with Crippen LogP contribution in [-0.4, -0.2) is 61.4 Å². The molecule has 0 aromatic carbocycles. The minimum atomic E-state index is -0.374. The van der Waals surface area contributed by atoms with E-state index in [1.54, 1.807) is 12.3 Å². The van der Waals surface area contributed by atoms with Gasteiger partial charge < -0.3 is 25.4 Å². The van der Waals surface area contributed by atoms with E-state index in [-0.39, 0.29) is 41.6 Å². The summed E-state index contributed by atoms with van der Waals surface area (Å²) in [6.45, 7) is 2.34. The van der Waals surface area contributed by atoms with E-state index < -0.39 is 0 Å². The number of hydrogen-bond donors (Lipinski definition) is 3. The molecule has 3 heterocycles. The molecule has 2 aromatic rings. The largest absolute Gasteiger partial charge is 0.381 e. The summed E-state index contributed by atoms with van der Waals surface area (Å²) in [6, 6.07) is 5.37. The first-order valence-electron chi connectivity index (χ1n) is 13.1. The van der Waals surface area contributed by atoms with Crippen molar-refractivity contribution in [3.05, 3.63) is 35.2 Å². The number of ether oxygens (including phenoxy) is 2. The third kappa shape index (κ3) is 5.99. The minimum Gasteiger partial charge on any atom is -0.381 e. The number of hydrogen-bond acceptors (Lipinski definition) is 7. The summed E-state index contributed by atoms with van der Waals surface area (Å²) in [5.41, 5.74) is 1.48. The lowest BCUT2D eigenvalue weighted by Crippen LogP contribution is -2.51. The fourth-order valence-corrected chi connectivity index (χ4v) is 6.05. The van der Waals surface area contributed by atoms with E-state index in [1.165, 1.54) is 19.6 Å². The van der Waals surface area contributed by atoms with Crippen LogP contribution in [0.1, 0.15) is 44.9 Å². The number of rotatable bonds is 9. The van der Waals surface area contributed by atoms with Crippen molar-refractivity contribution in [1.29, 1.82) is 0 Å². The average molecular weight is 532 g/mol. The van der Waals surface area contributed by atoms with E-state index in [0.717, 1.165) is 51.7 Å². The maximum absolute atomic E-state index is 14.7. The Morgan fingerprint density at radius 3 is 2.76 bits per heavy atom. The van der Waals surface area contributed by atoms with Crippen LogP contribution in [0.4, 0.5) is 16.0 Å². The predicted octanol–water partition coefficient (Wildman–Crippen LogP) is 4.65. The highest BCUT2D eigenvalue weighted by Gasteiger charge is 2.48. The van der Waals surface area contributed by atoms with Crippen molar-refractivity contribution in [3.63, 3.8) is 0 Å². The molecule has 1 amide bonds. The van der Waals surface area contributed by atoms with E-state index in [4.69, 9.17) is 21.1 Å². The summed E-state index contributed by atoms with van der Waals surface area (Å²) < 4.78 is 25.2. The number of halogens is 2. The van der Waals surface area contributed by atoms with E-state index in [2.05, 4.69) is 25.9 Å². The first kappa shape index (κ1) is 26.1. The molecular formula is C27H35ClFN5O3. The lowest BCUT2D eigenvalue weighted by atomic mass is 9.57. The molecule has 0 spiro atoms. The molecule has 3 N–H and O–H groups in total. The molecule has 3 aliphatic rings. The fourth-order valence-electron chi connectivity index (χ4n) is 5.85. The van der Waals surface area contributed by atoms with Gasteiger partial charge in [-0.2, -0.15) is 0 Å². The van der Waals surface area contributed by atoms with Gasteiger partial charge in [0, 0.05) is 50.7 Å². The third-order valence-electron chi connectivity index (χ3n) is 8.22. The van der Waals surface area contributed by atoms with Gasteiger partial charge in [0.15, 0.2) is 11.6 Å². The van der Waals surface area contributed by atoms with Gasteiger partial charge in [-0.25, -0.2) is 14.4 Å². The first-order valence-corrected chi connectivity index (χ1v) is 13.5. The molecule has 10 heteroatoms. The van der Waals surface area contributed by atoms with Crippen molar-refractivity contribution in [1.82, 2.24) is 15.3 Å². The van der Waals surface area contributed by atoms with E-state index in [1.807, 2.05) is 6.07 Å². The van der Waals surface area contributed by atoms with Gasteiger partial charge in [0.1, 0.15) is 12.4 Å². The number of methoxy groups -OCH3 is 1. The molecule has 37 heavy (non-hydrogen) atoms. The van der Waals surface area contributed by atoms with E-state index in [9.17, 15) is 9.18 Å². The second-order valence-electron chi connectivity index (χ2n) is 10.5. The molecule has 2 saturated carbocycles. The fraction of sp³-hybridized carbons (Fsp3) is 0.593. The molecule has 1 saturated heterocycles. The number of pyridine rings is 2. The van der Waals surface area contributed by atoms with E-state index in [0.29, 0.717) is 34.6 Å². The van der Waals surface area contributed by atoms with Crippen molar-refractivity contribution in [2.45, 2.75) is 57.0 Å². The van der Waals surface area contributed by atoms with Crippen molar-refractivity contribution in [2.24, 2.45) is 11.3 Å². The van der Waals surface area contributed by atoms with Gasteiger partial charge in [0.05, 0.1) is 10.7 Å². The summed E-state index contributed by atoms with van der Waals surface area (Å²) in [4.78, 5) is 20.8. The summed E-state index contributed by atoms with van der Waals surface area (Å²) >= 11 is 6.50. The molecule has 5 rings (SSSR count). The Balaban J connectivity index is 1.23. The van der Waals surface area contributed by atoms with Gasteiger partial charge in [0.25, 0.3) is 0 Å². The lowest BCUT2D eigenvalue weighted by molar-refractivity contribution is -0.125. The molecule has 3 fully saturated rings. The molecule has 2 unspecified atom stereocenters. The number of fused-ring (bicyclic) bond motifs is 1. The number of nitrogens with zero attached hydrogens (tertiary/aromatic N) is 2. The number of carbonyl (C=O) groups is 1. The molecule has 8 nitrogen and oxygen atoms in total. The topological polar surface area (TPSA) is 97.4 Å². The van der Waals surface area contributed by atoms with Crippen LogP contribution < -0.4 is 16.0 Å². The smallest absolute Gasteiger partial charge is 0.246 e. The molecule has 200 valence electrons. The van der Waals surface area contributed by atoms with Gasteiger partial charge in [0.2, 0.25) is 5.91 Å². The zero-order valence-corrected chi connectivity index (χ0v) is 22.0. The Hall–Kier alpha value is -2.49. The van der Waals surface area contributed by atoms with Gasteiger partial charge in [-0.15, -0.1) is 0 Å². The third-order valence-corrected chi connectivity index (χ3v) is 8.53. The summed E-state index contributed by atoms with van der Waals surface area (Å²) in [6.07, 6.45) is 8.51. The van der Waals surface area contributed by atoms with Gasteiger partial charge in [-0.05, 0) is 74.5 Å². The Morgan fingerprint density at radius 1 is 1.22 bits per heavy atom. The number of aromatic nitrogens is 2. The van der Waals surface area contributed by atoms with Crippen LogP contribution in [0, 0.1) is 17.2 Å². The van der Waals surface area contributed by atoms with E-state index >= 15 is 0 Å². The van der Waals surface area contributed by atoms with Crippen LogP contribution in [0.3, 0.4) is 0 Å². The van der Waals surface area contributed by atoms with Crippen molar-refractivity contribution >= 4 is 29.1 Å². The van der Waals surface area contributed by atoms with Crippen molar-refractivity contribution in [2.75, 3.05) is 44.1 Å². The summed E-state index contributed by atoms with van der Waals surface area (Å²) in [5.74, 6) is 1.04. The van der Waals surface area contributed by atoms with Crippen LogP contribution in [0.25, 0.3) is 11.3 Å². The first-order chi connectivity index (χ1) is 18.0. The average Bonchev–Trinajstić information content (AvgIpc) is 2.88. The van der Waals surface area contributed by atoms with Gasteiger partial charge in [-0.1, -0.05) is 11.6 Å². The molecule has 2 atom stereocenters. The maximum Gasteiger partial charge on any atom is 0.246 e. The molecule has 2 aromatic heterocycles. The zero-order chi connectivity index (χ0) is 25.8. The van der Waals surface area contributed by atoms with Crippen LogP contribution >= 0.6 is 11.6 Å². The Morgan fingerprint density at radius 2 is 2.03 bits per heavy atom. The quantitative estimate of drug-likeness (QED) is 0.433. The second-order valence-corrected chi connectivity index (χ2v) is 11.0. The van der Waals surface area contributed by atoms with Crippen LogP contribution in [0.15, 0.2) is 24.4 Å². The van der Waals surface area contributed by atoms with Crippen LogP contribution in [0.5, 0.6) is 0 Å². The maximum atomic E-state index is 14.7. The molecule has 1 aliphatic heterocycles. The lowest BCUT2D eigenvalue weighted by Gasteiger charge is -2.52. The monoisotopic (exact) mass is 531 g/mol. The standard InChI is InChI=1S/C27H35ClFN5O3/c1-36-15-25(35)33-19-4-2-18(3-5-19)32-24-12-20(21(28)13-30-24)23-7-6-22(29)26(34-23)31-16-27-9-8-17(27)14-37-11-10-27/h6-7,12-13,17-19H,2-5,8-11,14-16H2,1H3,(H,30,32)(H,31,34)(H,33,35). The predicted molar refractivity (Wildman–Crippen MR) is 141 cm³/mol. The van der Waals surface area contributed by atoms with Crippen LogP contribution in [0.2, 0.25) is 5.02 Å². The van der Waals surface area contributed by atoms with Gasteiger partial charge in [-0.3, -0.25) is 4.79 Å². The summed E-state index contributed by atoms with van der Waals surface area (Å²) in [7, 11) is 1.52. The zero-order valence-electron chi connectivity index (χ0n) is 21.2. The molecular weight excluding hydrogens is 497 g/mol. The van der Waals surface area contributed by atoms with Crippen molar-refractivity contribution < 1.29 is 18.7 Å². The minimum absolute atomic E-state index is 0.0801. The molecule has 2 aliphatic carbocycles. The van der Waals surface area contributed by atoms with Gasteiger partial charge >= 0.3 is 0 Å². The second kappa shape index (κ2) is 11.5. The highest BCUT2D eigenvalue weighted by Crippen LogP contribution is 2.51. The molecule has 0 bridgehead atoms. The Labute approximate surface area is 222 Å². The SMILES string of the molecule is COCC(=O)NC1CCC(Nc2cc(-c3ccc(F)c(NCC45CCOCC4CC5)n3)c(Cl)cn2)CC1.